The minimum absolute atomic E-state index is 0.0136. The highest BCUT2D eigenvalue weighted by Gasteiger charge is 2.28. The number of aromatic hydroxyl groups is 1. The van der Waals surface area contributed by atoms with Crippen LogP contribution in [0.15, 0.2) is 24.3 Å². The Hall–Kier alpha value is -1.55. The smallest absolute Gasteiger partial charge is 0.254 e. The van der Waals surface area contributed by atoms with E-state index in [0.717, 1.165) is 19.3 Å². The number of amides is 1. The average molecular weight is 235 g/mol. The number of benzene rings is 1. The molecule has 0 aromatic heterocycles. The second-order valence-corrected chi connectivity index (χ2v) is 4.35. The van der Waals surface area contributed by atoms with Crippen molar-refractivity contribution in [2.45, 2.75) is 25.3 Å². The number of nitrogens with zero attached hydrogens (tertiary/aromatic N) is 1. The van der Waals surface area contributed by atoms with E-state index < -0.39 is 0 Å². The second kappa shape index (κ2) is 5.19. The molecule has 2 N–H and O–H groups in total. The summed E-state index contributed by atoms with van der Waals surface area (Å²) in [6.45, 7) is 0.366. The zero-order valence-electron chi connectivity index (χ0n) is 9.67. The number of hydrogen-bond donors (Lipinski definition) is 2. The van der Waals surface area contributed by atoms with Gasteiger partial charge in [0.05, 0.1) is 6.61 Å². The Morgan fingerprint density at radius 1 is 1.29 bits per heavy atom. The van der Waals surface area contributed by atoms with Crippen molar-refractivity contribution in [3.8, 4) is 5.75 Å². The van der Waals surface area contributed by atoms with Crippen molar-refractivity contribution in [2.24, 2.45) is 0 Å². The third-order valence-corrected chi connectivity index (χ3v) is 3.23. The van der Waals surface area contributed by atoms with Gasteiger partial charge in [-0.2, -0.15) is 0 Å². The third-order valence-electron chi connectivity index (χ3n) is 3.23. The van der Waals surface area contributed by atoms with Crippen LogP contribution in [0, 0.1) is 0 Å². The van der Waals surface area contributed by atoms with Gasteiger partial charge in [0, 0.05) is 18.2 Å². The number of aliphatic hydroxyl groups excluding tert-OH is 1. The van der Waals surface area contributed by atoms with Crippen molar-refractivity contribution < 1.29 is 15.0 Å². The fourth-order valence-corrected chi connectivity index (χ4v) is 2.03. The van der Waals surface area contributed by atoms with Gasteiger partial charge in [0.2, 0.25) is 0 Å². The van der Waals surface area contributed by atoms with E-state index in [2.05, 4.69) is 0 Å². The molecule has 1 aromatic carbocycles. The van der Waals surface area contributed by atoms with Crippen LogP contribution in [0.3, 0.4) is 0 Å². The fraction of sp³-hybridized carbons (Fsp3) is 0.462. The van der Waals surface area contributed by atoms with Gasteiger partial charge in [-0.15, -0.1) is 0 Å². The number of hydrogen-bond acceptors (Lipinski definition) is 3. The van der Waals surface area contributed by atoms with E-state index >= 15 is 0 Å². The maximum absolute atomic E-state index is 12.2. The molecule has 0 atom stereocenters. The predicted octanol–water partition coefficient (Wildman–Crippen LogP) is 1.38. The number of aliphatic hydroxyl groups is 1. The van der Waals surface area contributed by atoms with E-state index in [1.807, 2.05) is 0 Å². The summed E-state index contributed by atoms with van der Waals surface area (Å²) >= 11 is 0. The van der Waals surface area contributed by atoms with E-state index in [4.69, 9.17) is 5.11 Å². The summed E-state index contributed by atoms with van der Waals surface area (Å²) in [4.78, 5) is 13.9. The van der Waals surface area contributed by atoms with Gasteiger partial charge >= 0.3 is 0 Å². The fourth-order valence-electron chi connectivity index (χ4n) is 2.03. The molecule has 1 fully saturated rings. The molecule has 0 radical (unpaired) electrons. The van der Waals surface area contributed by atoms with Gasteiger partial charge in [-0.3, -0.25) is 4.79 Å². The summed E-state index contributed by atoms with van der Waals surface area (Å²) in [5.41, 5.74) is 0.558. The number of phenolic OH excluding ortho intramolecular Hbond substituents is 1. The summed E-state index contributed by atoms with van der Waals surface area (Å²) in [6.07, 6.45) is 3.18. The molecule has 0 unspecified atom stereocenters. The molecule has 0 aliphatic heterocycles. The van der Waals surface area contributed by atoms with Gasteiger partial charge in [0.25, 0.3) is 5.91 Å². The normalized spacial score (nSPS) is 15.4. The van der Waals surface area contributed by atoms with Gasteiger partial charge in [-0.05, 0) is 43.5 Å². The zero-order valence-corrected chi connectivity index (χ0v) is 9.67. The standard InChI is InChI=1S/C13H17NO3/c15-9-8-14(11-2-1-3-11)13(17)10-4-6-12(16)7-5-10/h4-7,11,15-16H,1-3,8-9H2. The Balaban J connectivity index is 2.12. The van der Waals surface area contributed by atoms with Crippen molar-refractivity contribution in [3.63, 3.8) is 0 Å². The highest BCUT2D eigenvalue weighted by atomic mass is 16.3. The monoisotopic (exact) mass is 235 g/mol. The van der Waals surface area contributed by atoms with Gasteiger partial charge in [0.1, 0.15) is 5.75 Å². The molecule has 92 valence electrons. The summed E-state index contributed by atoms with van der Waals surface area (Å²) in [5.74, 6) is 0.0858. The molecule has 2 rings (SSSR count). The second-order valence-electron chi connectivity index (χ2n) is 4.35. The van der Waals surface area contributed by atoms with Crippen molar-refractivity contribution >= 4 is 5.91 Å². The summed E-state index contributed by atoms with van der Waals surface area (Å²) in [6, 6.07) is 6.50. The Labute approximate surface area is 100 Å². The highest BCUT2D eigenvalue weighted by Crippen LogP contribution is 2.26. The molecule has 4 nitrogen and oxygen atoms in total. The minimum Gasteiger partial charge on any atom is -0.508 e. The molecule has 4 heteroatoms. The number of carbonyl (C=O) groups excluding carboxylic acids is 1. The van der Waals surface area contributed by atoms with E-state index in [0.29, 0.717) is 12.1 Å². The first-order valence-corrected chi connectivity index (χ1v) is 5.93. The van der Waals surface area contributed by atoms with Crippen LogP contribution < -0.4 is 0 Å². The molecule has 0 bridgehead atoms. The lowest BCUT2D eigenvalue weighted by Crippen LogP contribution is -2.45. The molecule has 1 aromatic rings. The molecule has 1 saturated carbocycles. The van der Waals surface area contributed by atoms with Gasteiger partial charge in [0.15, 0.2) is 0 Å². The first-order chi connectivity index (χ1) is 8.22. The summed E-state index contributed by atoms with van der Waals surface area (Å²) < 4.78 is 0. The number of phenols is 1. The SMILES string of the molecule is O=C(c1ccc(O)cc1)N(CCO)C1CCC1. The van der Waals surface area contributed by atoms with Gasteiger partial charge in [-0.25, -0.2) is 0 Å². The van der Waals surface area contributed by atoms with Crippen LogP contribution in [0.2, 0.25) is 0 Å². The Morgan fingerprint density at radius 3 is 2.41 bits per heavy atom. The quantitative estimate of drug-likeness (QED) is 0.828. The van der Waals surface area contributed by atoms with Crippen LogP contribution in [-0.2, 0) is 0 Å². The van der Waals surface area contributed by atoms with E-state index in [9.17, 15) is 9.90 Å². The molecule has 1 amide bonds. The average Bonchev–Trinajstić information content (AvgIpc) is 2.26. The Kier molecular flexibility index (Phi) is 3.64. The maximum atomic E-state index is 12.2. The van der Waals surface area contributed by atoms with E-state index in [-0.39, 0.29) is 24.3 Å². The molecule has 1 aliphatic rings. The van der Waals surface area contributed by atoms with Crippen LogP contribution in [0.1, 0.15) is 29.6 Å². The Bertz CT molecular complexity index is 384. The molecular formula is C13H17NO3. The lowest BCUT2D eigenvalue weighted by Gasteiger charge is -2.37. The predicted molar refractivity (Wildman–Crippen MR) is 63.9 cm³/mol. The maximum Gasteiger partial charge on any atom is 0.254 e. The molecular weight excluding hydrogens is 218 g/mol. The van der Waals surface area contributed by atoms with E-state index in [1.54, 1.807) is 17.0 Å². The summed E-state index contributed by atoms with van der Waals surface area (Å²) in [5, 5.41) is 18.2. The van der Waals surface area contributed by atoms with Crippen LogP contribution >= 0.6 is 0 Å². The van der Waals surface area contributed by atoms with Crippen molar-refractivity contribution in [2.75, 3.05) is 13.2 Å². The highest BCUT2D eigenvalue weighted by molar-refractivity contribution is 5.94. The van der Waals surface area contributed by atoms with Crippen molar-refractivity contribution in [1.82, 2.24) is 4.90 Å². The minimum atomic E-state index is -0.0660. The molecule has 0 saturated heterocycles. The van der Waals surface area contributed by atoms with Crippen LogP contribution in [-0.4, -0.2) is 40.2 Å². The number of carbonyl (C=O) groups is 1. The first-order valence-electron chi connectivity index (χ1n) is 5.93. The molecule has 17 heavy (non-hydrogen) atoms. The lowest BCUT2D eigenvalue weighted by molar-refractivity contribution is 0.0526. The Morgan fingerprint density at radius 2 is 1.94 bits per heavy atom. The van der Waals surface area contributed by atoms with Crippen molar-refractivity contribution in [1.29, 1.82) is 0 Å². The zero-order chi connectivity index (χ0) is 12.3. The van der Waals surface area contributed by atoms with E-state index in [1.165, 1.54) is 12.1 Å². The number of rotatable bonds is 4. The van der Waals surface area contributed by atoms with Crippen molar-refractivity contribution in [3.05, 3.63) is 29.8 Å². The topological polar surface area (TPSA) is 60.8 Å². The lowest BCUT2D eigenvalue weighted by atomic mass is 9.91. The molecule has 0 heterocycles. The largest absolute Gasteiger partial charge is 0.508 e. The molecule has 0 spiro atoms. The van der Waals surface area contributed by atoms with Crippen LogP contribution in [0.4, 0.5) is 0 Å². The molecule has 1 aliphatic carbocycles. The van der Waals surface area contributed by atoms with Gasteiger partial charge in [-0.1, -0.05) is 0 Å². The first kappa shape index (κ1) is 11.9. The third kappa shape index (κ3) is 2.58. The van der Waals surface area contributed by atoms with Gasteiger partial charge < -0.3 is 15.1 Å². The summed E-state index contributed by atoms with van der Waals surface area (Å²) in [7, 11) is 0. The van der Waals surface area contributed by atoms with Crippen LogP contribution in [0.25, 0.3) is 0 Å². The van der Waals surface area contributed by atoms with Crippen LogP contribution in [0.5, 0.6) is 5.75 Å².